The van der Waals surface area contributed by atoms with Crippen molar-refractivity contribution in [1.29, 1.82) is 0 Å². The van der Waals surface area contributed by atoms with E-state index in [1.807, 2.05) is 6.92 Å². The Bertz CT molecular complexity index is 718. The zero-order chi connectivity index (χ0) is 19.8. The molecule has 1 aliphatic rings. The van der Waals surface area contributed by atoms with Gasteiger partial charge in [-0.2, -0.15) is 5.10 Å². The zero-order valence-electron chi connectivity index (χ0n) is 16.3. The van der Waals surface area contributed by atoms with Crippen molar-refractivity contribution in [2.24, 2.45) is 21.9 Å². The Balaban J connectivity index is 2.23. The highest BCUT2D eigenvalue weighted by Crippen LogP contribution is 2.20. The predicted octanol–water partition coefficient (Wildman–Crippen LogP) is 2.54. The van der Waals surface area contributed by atoms with Gasteiger partial charge in [-0.25, -0.2) is 0 Å². The lowest BCUT2D eigenvalue weighted by molar-refractivity contribution is -0.114. The molecule has 146 valence electrons. The molecule has 0 atom stereocenters. The van der Waals surface area contributed by atoms with Gasteiger partial charge in [0.2, 0.25) is 0 Å². The monoisotopic (exact) mass is 371 g/mol. The minimum Gasteiger partial charge on any atom is -0.352 e. The summed E-state index contributed by atoms with van der Waals surface area (Å²) in [6.45, 7) is 6.67. The standard InChI is InChI=1S/C20H29N5O2/c1-4-22-19(26)14-6-8-15(9-7-14)23-17(12-5-13(2)3)18(25-21)20(27)24-16-10-11-16/h6-9,13,16H,4-5,10-12,21H2,1-3H3,(H,22,26)(H,24,27). The van der Waals surface area contributed by atoms with Crippen molar-refractivity contribution in [1.82, 2.24) is 10.6 Å². The Labute approximate surface area is 160 Å². The van der Waals surface area contributed by atoms with E-state index in [1.54, 1.807) is 24.3 Å². The lowest BCUT2D eigenvalue weighted by Crippen LogP contribution is -2.38. The minimum atomic E-state index is -0.276. The average molecular weight is 371 g/mol. The van der Waals surface area contributed by atoms with Gasteiger partial charge in [-0.3, -0.25) is 14.6 Å². The van der Waals surface area contributed by atoms with Crippen LogP contribution in [-0.2, 0) is 4.79 Å². The van der Waals surface area contributed by atoms with Crippen molar-refractivity contribution in [2.75, 3.05) is 6.54 Å². The Morgan fingerprint density at radius 3 is 2.41 bits per heavy atom. The SMILES string of the molecule is CCNC(=O)c1ccc(N=C(CCC(C)C)C(=NN)C(=O)NC2CC2)cc1. The molecule has 27 heavy (non-hydrogen) atoms. The van der Waals surface area contributed by atoms with Crippen molar-refractivity contribution in [3.05, 3.63) is 29.8 Å². The molecule has 0 unspecified atom stereocenters. The number of rotatable bonds is 9. The van der Waals surface area contributed by atoms with Crippen LogP contribution in [0.15, 0.2) is 34.4 Å². The van der Waals surface area contributed by atoms with Crippen LogP contribution in [0.3, 0.4) is 0 Å². The molecular formula is C20H29N5O2. The van der Waals surface area contributed by atoms with Gasteiger partial charge in [0.1, 0.15) is 0 Å². The molecule has 7 heteroatoms. The first-order chi connectivity index (χ1) is 12.9. The summed E-state index contributed by atoms with van der Waals surface area (Å²) in [7, 11) is 0. The number of hydrazone groups is 1. The van der Waals surface area contributed by atoms with Crippen LogP contribution >= 0.6 is 0 Å². The van der Waals surface area contributed by atoms with E-state index >= 15 is 0 Å². The van der Waals surface area contributed by atoms with Crippen LogP contribution in [0.2, 0.25) is 0 Å². The molecule has 0 aromatic heterocycles. The van der Waals surface area contributed by atoms with Gasteiger partial charge in [-0.1, -0.05) is 13.8 Å². The topological polar surface area (TPSA) is 109 Å². The molecule has 0 saturated heterocycles. The fourth-order valence-corrected chi connectivity index (χ4v) is 2.50. The van der Waals surface area contributed by atoms with Crippen LogP contribution in [-0.4, -0.2) is 35.8 Å². The summed E-state index contributed by atoms with van der Waals surface area (Å²) in [5.74, 6) is 5.58. The van der Waals surface area contributed by atoms with Crippen LogP contribution in [0.25, 0.3) is 0 Å². The number of benzene rings is 1. The molecule has 4 N–H and O–H groups in total. The van der Waals surface area contributed by atoms with E-state index < -0.39 is 0 Å². The quantitative estimate of drug-likeness (QED) is 0.352. The first-order valence-corrected chi connectivity index (χ1v) is 9.49. The predicted molar refractivity (Wildman–Crippen MR) is 108 cm³/mol. The van der Waals surface area contributed by atoms with Crippen molar-refractivity contribution in [3.8, 4) is 0 Å². The number of nitrogens with zero attached hydrogens (tertiary/aromatic N) is 2. The lowest BCUT2D eigenvalue weighted by atomic mass is 10.0. The molecule has 0 bridgehead atoms. The molecule has 0 spiro atoms. The van der Waals surface area contributed by atoms with Gasteiger partial charge < -0.3 is 16.5 Å². The number of carbonyl (C=O) groups excluding carboxylic acids is 2. The molecule has 1 fully saturated rings. The van der Waals surface area contributed by atoms with E-state index in [1.165, 1.54) is 0 Å². The average Bonchev–Trinajstić information content (AvgIpc) is 3.44. The van der Waals surface area contributed by atoms with Crippen LogP contribution in [0.1, 0.15) is 56.8 Å². The van der Waals surface area contributed by atoms with Gasteiger partial charge >= 0.3 is 0 Å². The molecule has 0 heterocycles. The third kappa shape index (κ3) is 6.51. The summed E-state index contributed by atoms with van der Waals surface area (Å²) >= 11 is 0. The summed E-state index contributed by atoms with van der Waals surface area (Å²) in [5.41, 5.74) is 1.96. The van der Waals surface area contributed by atoms with Gasteiger partial charge in [0.15, 0.2) is 5.71 Å². The van der Waals surface area contributed by atoms with E-state index in [2.05, 4.69) is 34.6 Å². The van der Waals surface area contributed by atoms with E-state index in [-0.39, 0.29) is 23.6 Å². The molecule has 1 aliphatic carbocycles. The number of aliphatic imine (C=N–C) groups is 1. The van der Waals surface area contributed by atoms with Crippen molar-refractivity contribution in [2.45, 2.75) is 52.5 Å². The minimum absolute atomic E-state index is 0.124. The molecule has 1 aromatic rings. The third-order valence-corrected chi connectivity index (χ3v) is 4.22. The second-order valence-corrected chi connectivity index (χ2v) is 7.12. The fourth-order valence-electron chi connectivity index (χ4n) is 2.50. The fraction of sp³-hybridized carbons (Fsp3) is 0.500. The van der Waals surface area contributed by atoms with Gasteiger partial charge in [-0.05, 0) is 62.8 Å². The number of carbonyl (C=O) groups is 2. The molecule has 1 aromatic carbocycles. The van der Waals surface area contributed by atoms with Crippen LogP contribution in [0.5, 0.6) is 0 Å². The highest BCUT2D eigenvalue weighted by molar-refractivity contribution is 6.67. The zero-order valence-corrected chi connectivity index (χ0v) is 16.3. The largest absolute Gasteiger partial charge is 0.352 e. The Kier molecular flexibility index (Phi) is 7.52. The first kappa shape index (κ1) is 20.6. The summed E-state index contributed by atoms with van der Waals surface area (Å²) in [6.07, 6.45) is 3.45. The van der Waals surface area contributed by atoms with E-state index in [4.69, 9.17) is 5.84 Å². The molecule has 1 saturated carbocycles. The molecule has 7 nitrogen and oxygen atoms in total. The number of amides is 2. The van der Waals surface area contributed by atoms with Crippen molar-refractivity contribution in [3.63, 3.8) is 0 Å². The smallest absolute Gasteiger partial charge is 0.273 e. The number of nitrogens with one attached hydrogen (secondary N) is 2. The Hall–Kier alpha value is -2.70. The van der Waals surface area contributed by atoms with E-state index in [0.717, 1.165) is 19.3 Å². The maximum absolute atomic E-state index is 12.5. The van der Waals surface area contributed by atoms with Crippen LogP contribution in [0, 0.1) is 5.92 Å². The van der Waals surface area contributed by atoms with Gasteiger partial charge in [-0.15, -0.1) is 0 Å². The normalized spacial score (nSPS) is 15.0. The number of hydrogen-bond acceptors (Lipinski definition) is 5. The molecule has 0 radical (unpaired) electrons. The third-order valence-electron chi connectivity index (χ3n) is 4.22. The summed E-state index contributed by atoms with van der Waals surface area (Å²) in [5, 5.41) is 9.39. The van der Waals surface area contributed by atoms with E-state index in [0.29, 0.717) is 35.8 Å². The Morgan fingerprint density at radius 1 is 1.22 bits per heavy atom. The summed E-state index contributed by atoms with van der Waals surface area (Å²) in [4.78, 5) is 28.9. The van der Waals surface area contributed by atoms with Gasteiger partial charge in [0, 0.05) is 18.2 Å². The van der Waals surface area contributed by atoms with Crippen LogP contribution < -0.4 is 16.5 Å². The molecule has 2 rings (SSSR count). The maximum Gasteiger partial charge on any atom is 0.273 e. The Morgan fingerprint density at radius 2 is 1.89 bits per heavy atom. The highest BCUT2D eigenvalue weighted by Gasteiger charge is 2.27. The highest BCUT2D eigenvalue weighted by atomic mass is 16.2. The second kappa shape index (κ2) is 9.85. The molecule has 2 amide bonds. The van der Waals surface area contributed by atoms with Crippen LogP contribution in [0.4, 0.5) is 5.69 Å². The molecular weight excluding hydrogens is 342 g/mol. The lowest BCUT2D eigenvalue weighted by Gasteiger charge is -2.11. The molecule has 0 aliphatic heterocycles. The maximum atomic E-state index is 12.5. The van der Waals surface area contributed by atoms with Crippen molar-refractivity contribution >= 4 is 28.9 Å². The van der Waals surface area contributed by atoms with E-state index in [9.17, 15) is 9.59 Å². The van der Waals surface area contributed by atoms with Gasteiger partial charge in [0.25, 0.3) is 11.8 Å². The first-order valence-electron chi connectivity index (χ1n) is 9.49. The summed E-state index contributed by atoms with van der Waals surface area (Å²) < 4.78 is 0. The van der Waals surface area contributed by atoms with Gasteiger partial charge in [0.05, 0.1) is 11.4 Å². The van der Waals surface area contributed by atoms with Crippen molar-refractivity contribution < 1.29 is 9.59 Å². The number of hydrogen-bond donors (Lipinski definition) is 3. The number of nitrogens with two attached hydrogens (primary N) is 1. The summed E-state index contributed by atoms with van der Waals surface area (Å²) in [6, 6.07) is 7.16. The second-order valence-electron chi connectivity index (χ2n) is 7.12.